The van der Waals surface area contributed by atoms with Crippen molar-refractivity contribution in [2.75, 3.05) is 11.4 Å². The number of ether oxygens (including phenoxy) is 1. The molecule has 1 atom stereocenters. The van der Waals surface area contributed by atoms with E-state index >= 15 is 0 Å². The molecular formula is C23H25N5O3. The maximum Gasteiger partial charge on any atom is 0.251 e. The number of nitriles is 1. The van der Waals surface area contributed by atoms with E-state index in [1.807, 2.05) is 37.3 Å². The van der Waals surface area contributed by atoms with E-state index in [2.05, 4.69) is 15.3 Å². The van der Waals surface area contributed by atoms with Gasteiger partial charge in [-0.15, -0.1) is 0 Å². The fraction of sp³-hybridized carbons (Fsp3) is 0.435. The molecule has 2 aliphatic rings. The van der Waals surface area contributed by atoms with Gasteiger partial charge >= 0.3 is 0 Å². The number of carbonyl (C=O) groups excluding carboxylic acids is 2. The first-order valence-electron chi connectivity index (χ1n) is 10.6. The number of benzene rings is 1. The summed E-state index contributed by atoms with van der Waals surface area (Å²) >= 11 is 0. The Bertz CT molecular complexity index is 993. The number of nitrogens with zero attached hydrogens (tertiary/aromatic N) is 4. The van der Waals surface area contributed by atoms with Crippen molar-refractivity contribution in [2.24, 2.45) is 5.92 Å². The predicted molar refractivity (Wildman–Crippen MR) is 113 cm³/mol. The van der Waals surface area contributed by atoms with E-state index in [1.54, 1.807) is 4.90 Å². The molecule has 1 aromatic carbocycles. The van der Waals surface area contributed by atoms with Gasteiger partial charge in [0.2, 0.25) is 17.5 Å². The first-order valence-corrected chi connectivity index (χ1v) is 10.6. The molecule has 160 valence electrons. The Hall–Kier alpha value is -3.47. The standard InChI is InChI=1S/C23H25N5O3/c1-15-2-6-18(7-3-15)28-14-16(12-21(28)29)22(30)27-17-4-8-19(9-5-17)31-23-20(13-24)25-10-11-26-23/h2-3,6-7,10-11,16-17,19H,4-5,8-9,12,14H2,1H3,(H,27,30). The highest BCUT2D eigenvalue weighted by atomic mass is 16.5. The molecule has 2 aromatic rings. The molecule has 1 unspecified atom stereocenters. The minimum absolute atomic E-state index is 0.0154. The molecular weight excluding hydrogens is 394 g/mol. The van der Waals surface area contributed by atoms with Gasteiger partial charge in [0, 0.05) is 37.1 Å². The van der Waals surface area contributed by atoms with Crippen LogP contribution < -0.4 is 15.0 Å². The first kappa shape index (κ1) is 20.8. The largest absolute Gasteiger partial charge is 0.472 e. The Morgan fingerprint density at radius 2 is 1.87 bits per heavy atom. The van der Waals surface area contributed by atoms with Gasteiger partial charge in [0.05, 0.1) is 5.92 Å². The third-order valence-corrected chi connectivity index (χ3v) is 5.91. The second-order valence-electron chi connectivity index (χ2n) is 8.16. The summed E-state index contributed by atoms with van der Waals surface area (Å²) in [5.74, 6) is -0.148. The maximum absolute atomic E-state index is 12.8. The van der Waals surface area contributed by atoms with Gasteiger partial charge in [-0.25, -0.2) is 9.97 Å². The number of hydrogen-bond donors (Lipinski definition) is 1. The third-order valence-electron chi connectivity index (χ3n) is 5.91. The van der Waals surface area contributed by atoms with Gasteiger partial charge in [-0.3, -0.25) is 9.59 Å². The number of anilines is 1. The fourth-order valence-electron chi connectivity index (χ4n) is 4.15. The average molecular weight is 419 g/mol. The van der Waals surface area contributed by atoms with Gasteiger partial charge in [0.25, 0.3) is 5.88 Å². The molecule has 0 spiro atoms. The monoisotopic (exact) mass is 419 g/mol. The van der Waals surface area contributed by atoms with Gasteiger partial charge in [-0.05, 0) is 44.7 Å². The minimum Gasteiger partial charge on any atom is -0.472 e. The molecule has 8 heteroatoms. The number of amides is 2. The predicted octanol–water partition coefficient (Wildman–Crippen LogP) is 2.52. The number of carbonyl (C=O) groups is 2. The molecule has 0 bridgehead atoms. The van der Waals surface area contributed by atoms with Crippen molar-refractivity contribution in [3.05, 3.63) is 47.9 Å². The molecule has 2 fully saturated rings. The molecule has 1 saturated carbocycles. The Morgan fingerprint density at radius 3 is 2.58 bits per heavy atom. The van der Waals surface area contributed by atoms with E-state index in [0.717, 1.165) is 36.9 Å². The van der Waals surface area contributed by atoms with Crippen LogP contribution in [-0.4, -0.2) is 40.5 Å². The van der Waals surface area contributed by atoms with Crippen molar-refractivity contribution < 1.29 is 14.3 Å². The Kier molecular flexibility index (Phi) is 6.12. The summed E-state index contributed by atoms with van der Waals surface area (Å²) in [6, 6.07) is 9.83. The molecule has 8 nitrogen and oxygen atoms in total. The molecule has 1 aliphatic carbocycles. The molecule has 4 rings (SSSR count). The summed E-state index contributed by atoms with van der Waals surface area (Å²) < 4.78 is 5.86. The van der Waals surface area contributed by atoms with Crippen LogP contribution in [0.15, 0.2) is 36.7 Å². The summed E-state index contributed by atoms with van der Waals surface area (Å²) in [4.78, 5) is 35.0. The van der Waals surface area contributed by atoms with Crippen molar-refractivity contribution in [3.8, 4) is 11.9 Å². The van der Waals surface area contributed by atoms with Crippen LogP contribution in [-0.2, 0) is 9.59 Å². The third kappa shape index (κ3) is 4.82. The molecule has 1 saturated heterocycles. The fourth-order valence-corrected chi connectivity index (χ4v) is 4.15. The molecule has 0 radical (unpaired) electrons. The van der Waals surface area contributed by atoms with Crippen LogP contribution >= 0.6 is 0 Å². The maximum atomic E-state index is 12.8. The molecule has 2 amide bonds. The van der Waals surface area contributed by atoms with Crippen molar-refractivity contribution in [2.45, 2.75) is 51.2 Å². The molecule has 1 aromatic heterocycles. The number of aromatic nitrogens is 2. The summed E-state index contributed by atoms with van der Waals surface area (Å²) in [5.41, 5.74) is 2.15. The SMILES string of the molecule is Cc1ccc(N2CC(C(=O)NC3CCC(Oc4nccnc4C#N)CC3)CC2=O)cc1. The van der Waals surface area contributed by atoms with Crippen LogP contribution in [0.4, 0.5) is 5.69 Å². The van der Waals surface area contributed by atoms with Crippen LogP contribution in [0.3, 0.4) is 0 Å². The smallest absolute Gasteiger partial charge is 0.251 e. The van der Waals surface area contributed by atoms with Crippen molar-refractivity contribution >= 4 is 17.5 Å². The van der Waals surface area contributed by atoms with E-state index in [1.165, 1.54) is 12.4 Å². The quantitative estimate of drug-likeness (QED) is 0.798. The van der Waals surface area contributed by atoms with E-state index in [0.29, 0.717) is 6.54 Å². The number of aryl methyl sites for hydroxylation is 1. The molecule has 1 aliphatic heterocycles. The van der Waals surface area contributed by atoms with Crippen LogP contribution in [0.5, 0.6) is 5.88 Å². The van der Waals surface area contributed by atoms with Crippen LogP contribution in [0.1, 0.15) is 43.4 Å². The minimum atomic E-state index is -0.333. The summed E-state index contributed by atoms with van der Waals surface area (Å²) in [5, 5.41) is 12.2. The number of hydrogen-bond acceptors (Lipinski definition) is 6. The highest BCUT2D eigenvalue weighted by Gasteiger charge is 2.36. The van der Waals surface area contributed by atoms with Crippen molar-refractivity contribution in [1.29, 1.82) is 5.26 Å². The number of nitrogens with one attached hydrogen (secondary N) is 1. The Morgan fingerprint density at radius 1 is 1.16 bits per heavy atom. The highest BCUT2D eigenvalue weighted by molar-refractivity contribution is 6.00. The van der Waals surface area contributed by atoms with Crippen LogP contribution in [0, 0.1) is 24.2 Å². The van der Waals surface area contributed by atoms with E-state index in [-0.39, 0.29) is 47.9 Å². The second kappa shape index (κ2) is 9.13. The van der Waals surface area contributed by atoms with E-state index in [4.69, 9.17) is 10.00 Å². The summed E-state index contributed by atoms with van der Waals surface area (Å²) in [7, 11) is 0. The highest BCUT2D eigenvalue weighted by Crippen LogP contribution is 2.27. The lowest BCUT2D eigenvalue weighted by Crippen LogP contribution is -2.43. The van der Waals surface area contributed by atoms with Crippen molar-refractivity contribution in [1.82, 2.24) is 15.3 Å². The summed E-state index contributed by atoms with van der Waals surface area (Å²) in [6.45, 7) is 2.41. The first-order chi connectivity index (χ1) is 15.0. The zero-order valence-electron chi connectivity index (χ0n) is 17.5. The van der Waals surface area contributed by atoms with E-state index in [9.17, 15) is 9.59 Å². The van der Waals surface area contributed by atoms with E-state index < -0.39 is 0 Å². The van der Waals surface area contributed by atoms with Gasteiger partial charge in [0.1, 0.15) is 12.2 Å². The lowest BCUT2D eigenvalue weighted by molar-refractivity contribution is -0.127. The zero-order chi connectivity index (χ0) is 21.8. The van der Waals surface area contributed by atoms with Crippen LogP contribution in [0.25, 0.3) is 0 Å². The topological polar surface area (TPSA) is 108 Å². The lowest BCUT2D eigenvalue weighted by Gasteiger charge is -2.29. The normalized spacial score (nSPS) is 23.3. The molecule has 31 heavy (non-hydrogen) atoms. The Balaban J connectivity index is 1.27. The second-order valence-corrected chi connectivity index (χ2v) is 8.16. The number of rotatable bonds is 5. The molecule has 1 N–H and O–H groups in total. The van der Waals surface area contributed by atoms with Crippen molar-refractivity contribution in [3.63, 3.8) is 0 Å². The molecule has 2 heterocycles. The Labute approximate surface area is 181 Å². The van der Waals surface area contributed by atoms with Gasteiger partial charge in [-0.1, -0.05) is 17.7 Å². The summed E-state index contributed by atoms with van der Waals surface area (Å²) in [6.07, 6.45) is 6.22. The average Bonchev–Trinajstić information content (AvgIpc) is 3.18. The van der Waals surface area contributed by atoms with Gasteiger partial charge in [-0.2, -0.15) is 5.26 Å². The van der Waals surface area contributed by atoms with Gasteiger partial charge < -0.3 is 15.0 Å². The van der Waals surface area contributed by atoms with Gasteiger partial charge in [0.15, 0.2) is 0 Å². The lowest BCUT2D eigenvalue weighted by atomic mass is 9.92. The zero-order valence-corrected chi connectivity index (χ0v) is 17.5. The van der Waals surface area contributed by atoms with Crippen LogP contribution in [0.2, 0.25) is 0 Å².